The number of anilines is 2. The van der Waals surface area contributed by atoms with Crippen molar-refractivity contribution < 1.29 is 14.5 Å². The molecule has 0 radical (unpaired) electrons. The molecule has 7 heteroatoms. The lowest BCUT2D eigenvalue weighted by atomic mass is 10.2. The molecule has 0 unspecified atom stereocenters. The molecule has 118 valence electrons. The summed E-state index contributed by atoms with van der Waals surface area (Å²) < 4.78 is 5.37. The van der Waals surface area contributed by atoms with E-state index in [0.29, 0.717) is 18.0 Å². The molecule has 0 fully saturated rings. The van der Waals surface area contributed by atoms with Crippen molar-refractivity contribution in [1.82, 2.24) is 0 Å². The van der Waals surface area contributed by atoms with Gasteiger partial charge in [-0.05, 0) is 23.8 Å². The quantitative estimate of drug-likeness (QED) is 0.692. The highest BCUT2D eigenvalue weighted by molar-refractivity contribution is 5.97. The second-order valence-corrected chi connectivity index (χ2v) is 5.20. The number of hydrogen-bond donors (Lipinski definition) is 1. The number of nitrogens with zero attached hydrogens (tertiary/aromatic N) is 2. The second kappa shape index (κ2) is 5.96. The van der Waals surface area contributed by atoms with Gasteiger partial charge in [0, 0.05) is 31.4 Å². The van der Waals surface area contributed by atoms with E-state index in [2.05, 4.69) is 5.32 Å². The number of ether oxygens (including phenoxy) is 1. The Morgan fingerprint density at radius 3 is 2.91 bits per heavy atom. The van der Waals surface area contributed by atoms with E-state index in [1.54, 1.807) is 24.1 Å². The molecule has 0 aliphatic carbocycles. The summed E-state index contributed by atoms with van der Waals surface area (Å²) in [6.07, 6.45) is 0. The minimum Gasteiger partial charge on any atom is -0.482 e. The molecule has 3 rings (SSSR count). The molecule has 2 aromatic carbocycles. The Labute approximate surface area is 132 Å². The fourth-order valence-corrected chi connectivity index (χ4v) is 2.37. The first-order valence-electron chi connectivity index (χ1n) is 7.05. The third kappa shape index (κ3) is 3.08. The molecule has 23 heavy (non-hydrogen) atoms. The van der Waals surface area contributed by atoms with Gasteiger partial charge >= 0.3 is 0 Å². The number of nitro benzene ring substituents is 1. The summed E-state index contributed by atoms with van der Waals surface area (Å²) in [4.78, 5) is 23.6. The van der Waals surface area contributed by atoms with Gasteiger partial charge in [0.2, 0.25) is 0 Å². The number of nitro groups is 1. The van der Waals surface area contributed by atoms with Crippen molar-refractivity contribution >= 4 is 23.0 Å². The lowest BCUT2D eigenvalue weighted by molar-refractivity contribution is -0.384. The van der Waals surface area contributed by atoms with Crippen molar-refractivity contribution in [2.24, 2.45) is 0 Å². The number of rotatable bonds is 4. The molecule has 0 aromatic heterocycles. The molecule has 0 saturated heterocycles. The first kappa shape index (κ1) is 14.8. The smallest absolute Gasteiger partial charge is 0.269 e. The molecule has 0 spiro atoms. The third-order valence-corrected chi connectivity index (χ3v) is 3.66. The van der Waals surface area contributed by atoms with Gasteiger partial charge in [0.25, 0.3) is 11.6 Å². The van der Waals surface area contributed by atoms with Crippen LogP contribution >= 0.6 is 0 Å². The summed E-state index contributed by atoms with van der Waals surface area (Å²) in [5, 5.41) is 14.0. The number of amides is 1. The van der Waals surface area contributed by atoms with E-state index in [9.17, 15) is 14.9 Å². The summed E-state index contributed by atoms with van der Waals surface area (Å²) in [7, 11) is 1.70. The lowest BCUT2D eigenvalue weighted by Crippen LogP contribution is -2.35. The van der Waals surface area contributed by atoms with Crippen LogP contribution in [0, 0.1) is 10.1 Å². The normalized spacial score (nSPS) is 13.3. The van der Waals surface area contributed by atoms with E-state index in [1.807, 2.05) is 18.2 Å². The second-order valence-electron chi connectivity index (χ2n) is 5.20. The Bertz CT molecular complexity index is 776. The molecular weight excluding hydrogens is 298 g/mol. The predicted molar refractivity (Wildman–Crippen MR) is 85.8 cm³/mol. The van der Waals surface area contributed by atoms with Crippen molar-refractivity contribution in [2.75, 3.05) is 23.9 Å². The minimum absolute atomic E-state index is 0.0456. The van der Waals surface area contributed by atoms with Crippen LogP contribution in [0.3, 0.4) is 0 Å². The summed E-state index contributed by atoms with van der Waals surface area (Å²) in [6, 6.07) is 11.9. The number of carbonyl (C=O) groups excluding carboxylic acids is 1. The summed E-state index contributed by atoms with van der Waals surface area (Å²) in [5.41, 5.74) is 2.37. The Kier molecular flexibility index (Phi) is 3.84. The van der Waals surface area contributed by atoms with E-state index in [1.165, 1.54) is 12.1 Å². The van der Waals surface area contributed by atoms with E-state index in [-0.39, 0.29) is 18.2 Å². The van der Waals surface area contributed by atoms with Gasteiger partial charge in [-0.3, -0.25) is 14.9 Å². The molecule has 7 nitrogen and oxygen atoms in total. The molecule has 1 aliphatic heterocycles. The molecule has 1 amide bonds. The summed E-state index contributed by atoms with van der Waals surface area (Å²) in [5.74, 6) is 0.557. The van der Waals surface area contributed by atoms with Gasteiger partial charge < -0.3 is 15.0 Å². The zero-order valence-corrected chi connectivity index (χ0v) is 12.5. The van der Waals surface area contributed by atoms with Crippen LogP contribution in [0.25, 0.3) is 0 Å². The van der Waals surface area contributed by atoms with Crippen LogP contribution in [0.5, 0.6) is 5.75 Å². The van der Waals surface area contributed by atoms with Crippen LogP contribution < -0.4 is 15.0 Å². The molecule has 1 heterocycles. The number of nitrogens with one attached hydrogen (secondary N) is 1. The van der Waals surface area contributed by atoms with Gasteiger partial charge in [-0.1, -0.05) is 12.1 Å². The molecule has 1 N–H and O–H groups in total. The van der Waals surface area contributed by atoms with Crippen LogP contribution in [-0.4, -0.2) is 24.5 Å². The largest absolute Gasteiger partial charge is 0.482 e. The number of hydrogen-bond acceptors (Lipinski definition) is 5. The van der Waals surface area contributed by atoms with E-state index >= 15 is 0 Å². The van der Waals surface area contributed by atoms with Crippen LogP contribution in [0.1, 0.15) is 5.56 Å². The van der Waals surface area contributed by atoms with E-state index in [4.69, 9.17) is 4.74 Å². The number of carbonyl (C=O) groups is 1. The molecule has 1 aliphatic rings. The molecule has 0 bridgehead atoms. The fourth-order valence-electron chi connectivity index (χ4n) is 2.37. The number of benzene rings is 2. The fraction of sp³-hybridized carbons (Fsp3) is 0.188. The van der Waals surface area contributed by atoms with E-state index in [0.717, 1.165) is 11.3 Å². The Morgan fingerprint density at radius 2 is 2.13 bits per heavy atom. The number of non-ortho nitro benzene ring substituents is 1. The van der Waals surface area contributed by atoms with Crippen LogP contribution in [0.4, 0.5) is 17.1 Å². The van der Waals surface area contributed by atoms with E-state index < -0.39 is 4.92 Å². The first-order chi connectivity index (χ1) is 11.0. The van der Waals surface area contributed by atoms with Crippen molar-refractivity contribution in [3.63, 3.8) is 0 Å². The highest BCUT2D eigenvalue weighted by Gasteiger charge is 2.22. The van der Waals surface area contributed by atoms with Gasteiger partial charge in [0.05, 0.1) is 10.6 Å². The van der Waals surface area contributed by atoms with Crippen molar-refractivity contribution in [2.45, 2.75) is 6.54 Å². The standard InChI is InChI=1S/C16H15N3O4/c1-18-14-8-12(5-6-15(14)23-10-16(18)20)17-9-11-3-2-4-13(7-11)19(21)22/h2-8,17H,9-10H2,1H3. The Hall–Kier alpha value is -3.09. The topological polar surface area (TPSA) is 84.7 Å². The summed E-state index contributed by atoms with van der Waals surface area (Å²) >= 11 is 0. The molecule has 2 aromatic rings. The average Bonchev–Trinajstić information content (AvgIpc) is 2.57. The molecule has 0 saturated carbocycles. The Morgan fingerprint density at radius 1 is 1.30 bits per heavy atom. The molecular formula is C16H15N3O4. The van der Waals surface area contributed by atoms with Crippen molar-refractivity contribution in [1.29, 1.82) is 0 Å². The van der Waals surface area contributed by atoms with Gasteiger partial charge in [0.15, 0.2) is 6.61 Å². The highest BCUT2D eigenvalue weighted by atomic mass is 16.6. The number of fused-ring (bicyclic) bond motifs is 1. The minimum atomic E-state index is -0.416. The monoisotopic (exact) mass is 313 g/mol. The molecule has 0 atom stereocenters. The lowest BCUT2D eigenvalue weighted by Gasteiger charge is -2.26. The summed E-state index contributed by atoms with van der Waals surface area (Å²) in [6.45, 7) is 0.489. The van der Waals surface area contributed by atoms with Crippen LogP contribution in [0.2, 0.25) is 0 Å². The Balaban J connectivity index is 1.75. The first-order valence-corrected chi connectivity index (χ1v) is 7.05. The van der Waals surface area contributed by atoms with Crippen molar-refractivity contribution in [3.8, 4) is 5.75 Å². The maximum absolute atomic E-state index is 11.7. The van der Waals surface area contributed by atoms with Gasteiger partial charge in [-0.15, -0.1) is 0 Å². The zero-order chi connectivity index (χ0) is 16.4. The van der Waals surface area contributed by atoms with Crippen molar-refractivity contribution in [3.05, 3.63) is 58.1 Å². The predicted octanol–water partition coefficient (Wildman–Crippen LogP) is 2.56. The average molecular weight is 313 g/mol. The van der Waals surface area contributed by atoms with Crippen LogP contribution in [0.15, 0.2) is 42.5 Å². The highest BCUT2D eigenvalue weighted by Crippen LogP contribution is 2.33. The number of likely N-dealkylation sites (N-methyl/N-ethyl adjacent to an activating group) is 1. The third-order valence-electron chi connectivity index (χ3n) is 3.66. The van der Waals surface area contributed by atoms with Crippen LogP contribution in [-0.2, 0) is 11.3 Å². The van der Waals surface area contributed by atoms with Gasteiger partial charge in [-0.25, -0.2) is 0 Å². The maximum Gasteiger partial charge on any atom is 0.269 e. The van der Waals surface area contributed by atoms with Gasteiger partial charge in [-0.2, -0.15) is 0 Å². The van der Waals surface area contributed by atoms with Gasteiger partial charge in [0.1, 0.15) is 5.75 Å². The zero-order valence-electron chi connectivity index (χ0n) is 12.5. The maximum atomic E-state index is 11.7. The SMILES string of the molecule is CN1C(=O)COc2ccc(NCc3cccc([N+](=O)[O-])c3)cc21.